The minimum Gasteiger partial charge on any atom is -0.507 e. The number of hydrogen-bond acceptors (Lipinski definition) is 16. The Labute approximate surface area is 394 Å². The molecule has 0 spiro atoms. The van der Waals surface area contributed by atoms with E-state index in [2.05, 4.69) is 22.0 Å². The quantitative estimate of drug-likeness (QED) is 0.0629. The number of rotatable bonds is 5. The number of ether oxygens (including phenoxy) is 4. The molecule has 3 aliphatic rings. The van der Waals surface area contributed by atoms with Crippen LogP contribution in [0.25, 0.3) is 38.7 Å². The zero-order chi connectivity index (χ0) is 48.8. The van der Waals surface area contributed by atoms with Crippen molar-refractivity contribution in [1.29, 1.82) is 0 Å². The van der Waals surface area contributed by atoms with Crippen molar-refractivity contribution in [3.05, 3.63) is 73.8 Å². The predicted molar refractivity (Wildman–Crippen MR) is 259 cm³/mol. The number of esters is 1. The van der Waals surface area contributed by atoms with Gasteiger partial charge in [-0.05, 0) is 39.0 Å². The topological polar surface area (TPSA) is 214 Å². The summed E-state index contributed by atoms with van der Waals surface area (Å²) < 4.78 is 31.1. The fourth-order valence-corrected chi connectivity index (χ4v) is 9.87. The normalized spacial score (nSPS) is 27.9. The summed E-state index contributed by atoms with van der Waals surface area (Å²) in [7, 11) is 1.46. The maximum atomic E-state index is 14.9. The van der Waals surface area contributed by atoms with E-state index in [1.54, 1.807) is 52.8 Å². The van der Waals surface area contributed by atoms with Crippen molar-refractivity contribution in [3.8, 4) is 11.5 Å². The first-order valence-electron chi connectivity index (χ1n) is 22.8. The molecule has 17 heteroatoms. The summed E-state index contributed by atoms with van der Waals surface area (Å²) >= 11 is 5.94. The summed E-state index contributed by atoms with van der Waals surface area (Å²) in [6.07, 6.45) is 4.81. The van der Waals surface area contributed by atoms with Crippen molar-refractivity contribution in [2.45, 2.75) is 98.9 Å². The molecule has 5 N–H and O–H groups in total. The number of methoxy groups -OCH3 is 1. The molecular weight excluding hydrogens is 881 g/mol. The summed E-state index contributed by atoms with van der Waals surface area (Å²) in [5.41, 5.74) is 0.345. The first-order valence-corrected chi connectivity index (χ1v) is 23.2. The molecule has 3 aliphatic heterocycles. The molecular formula is C50H62N4O12S. The lowest BCUT2D eigenvalue weighted by atomic mass is 9.78. The van der Waals surface area contributed by atoms with Gasteiger partial charge in [0, 0.05) is 99.1 Å². The smallest absolute Gasteiger partial charge is 0.307 e. The van der Waals surface area contributed by atoms with Crippen molar-refractivity contribution >= 4 is 74.2 Å². The Morgan fingerprint density at radius 1 is 0.985 bits per heavy atom. The fraction of sp³-hybridized carbons (Fsp3) is 0.500. The average molecular weight is 943 g/mol. The molecule has 4 aromatic rings. The molecule has 0 saturated carbocycles. The average Bonchev–Trinajstić information content (AvgIpc) is 3.56. The minimum absolute atomic E-state index is 0.0000632. The number of nitrogens with one attached hydrogen (secondary N) is 1. The summed E-state index contributed by atoms with van der Waals surface area (Å²) in [6, 6.07) is 3.66. The number of hydrogen-bond donors (Lipinski definition) is 5. The Morgan fingerprint density at radius 2 is 1.69 bits per heavy atom. The van der Waals surface area contributed by atoms with Crippen LogP contribution in [0.3, 0.4) is 0 Å². The van der Waals surface area contributed by atoms with Crippen LogP contribution in [0.1, 0.15) is 67.4 Å². The molecule has 5 bridgehead atoms. The Bertz CT molecular complexity index is 2870. The van der Waals surface area contributed by atoms with Gasteiger partial charge in [-0.1, -0.05) is 65.1 Å². The van der Waals surface area contributed by atoms with E-state index >= 15 is 0 Å². The number of phenols is 1. The van der Waals surface area contributed by atoms with Crippen LogP contribution < -0.4 is 25.6 Å². The molecule has 1 amide bonds. The molecule has 1 saturated heterocycles. The third-order valence-electron chi connectivity index (χ3n) is 13.7. The number of aliphatic hydroxyl groups excluding tert-OH is 3. The molecule has 1 aromatic heterocycles. The molecule has 3 aromatic carbocycles. The fourth-order valence-electron chi connectivity index (χ4n) is 9.61. The van der Waals surface area contributed by atoms with Crippen LogP contribution in [-0.2, 0) is 23.8 Å². The Balaban J connectivity index is 1.46. The predicted octanol–water partition coefficient (Wildman–Crippen LogP) is 6.46. The number of aromatic hydroxyl groups is 1. The number of aliphatic hydroxyl groups is 3. The molecule has 67 heavy (non-hydrogen) atoms. The van der Waals surface area contributed by atoms with E-state index in [1.807, 2.05) is 12.1 Å². The van der Waals surface area contributed by atoms with Gasteiger partial charge < -0.3 is 54.0 Å². The maximum absolute atomic E-state index is 14.9. The maximum Gasteiger partial charge on any atom is 0.307 e. The van der Waals surface area contributed by atoms with Gasteiger partial charge in [-0.2, -0.15) is 0 Å². The molecule has 0 aliphatic carbocycles. The first kappa shape index (κ1) is 49.3. The summed E-state index contributed by atoms with van der Waals surface area (Å²) in [5.74, 6) is -6.61. The molecule has 0 radical (unpaired) electrons. The zero-order valence-electron chi connectivity index (χ0n) is 39.7. The highest BCUT2D eigenvalue weighted by Gasteiger charge is 2.44. The number of aromatic nitrogens is 1. The Hall–Kier alpha value is -5.59. The van der Waals surface area contributed by atoms with E-state index in [0.717, 1.165) is 44.8 Å². The summed E-state index contributed by atoms with van der Waals surface area (Å²) in [4.78, 5) is 51.0. The Kier molecular flexibility index (Phi) is 14.4. The first-order chi connectivity index (χ1) is 31.7. The van der Waals surface area contributed by atoms with E-state index in [-0.39, 0.29) is 60.8 Å². The summed E-state index contributed by atoms with van der Waals surface area (Å²) in [5, 5.41) is 49.7. The van der Waals surface area contributed by atoms with Crippen molar-refractivity contribution in [2.24, 2.45) is 23.7 Å². The van der Waals surface area contributed by atoms with Gasteiger partial charge in [-0.15, -0.1) is 0 Å². The van der Waals surface area contributed by atoms with E-state index in [4.69, 9.17) is 40.6 Å². The van der Waals surface area contributed by atoms with E-state index in [9.17, 15) is 34.8 Å². The van der Waals surface area contributed by atoms with Crippen LogP contribution in [-0.4, -0.2) is 112 Å². The molecule has 16 nitrogen and oxygen atoms in total. The molecule has 360 valence electrons. The van der Waals surface area contributed by atoms with Gasteiger partial charge in [0.25, 0.3) is 5.91 Å². The number of allylic oxidation sites excluding steroid dienone is 2. The number of benzene rings is 3. The van der Waals surface area contributed by atoms with Gasteiger partial charge >= 0.3 is 11.8 Å². The second kappa shape index (κ2) is 19.6. The zero-order valence-corrected chi connectivity index (χ0v) is 40.5. The molecule has 1 unspecified atom stereocenters. The van der Waals surface area contributed by atoms with Crippen LogP contribution in [0.5, 0.6) is 11.5 Å². The lowest BCUT2D eigenvalue weighted by molar-refractivity contribution is -0.160. The number of fused-ring (bicyclic) bond motifs is 5. The number of carbonyl (C=O) groups excluding carboxylic acids is 2. The minimum atomic E-state index is -1.94. The van der Waals surface area contributed by atoms with Crippen LogP contribution in [0.2, 0.25) is 0 Å². The number of carbonyl (C=O) groups is 2. The van der Waals surface area contributed by atoms with Crippen LogP contribution >= 0.6 is 12.2 Å². The van der Waals surface area contributed by atoms with Gasteiger partial charge in [0.05, 0.1) is 39.7 Å². The largest absolute Gasteiger partial charge is 0.507 e. The number of amides is 1. The monoisotopic (exact) mass is 942 g/mol. The van der Waals surface area contributed by atoms with E-state index in [0.29, 0.717) is 4.51 Å². The van der Waals surface area contributed by atoms with Crippen molar-refractivity contribution in [3.63, 3.8) is 0 Å². The SMILES string of the molecule is CCCN1CCN(c2cc(=S)c3nc4c(oc3c2)c2c(=O)c3c(O)c(C)c5c(c34)=C(O)C(C)(OC=C[C@H](OC)[C@@H](C)[C@@H](OC(C)=O)[C@H](C)[C@H](O)[C@H](C)[C@@H](O)[C@@H](C)C=CC=C(C)C(=O)N2)O5)CC1. The van der Waals surface area contributed by atoms with Gasteiger partial charge in [0.15, 0.2) is 16.9 Å². The highest BCUT2D eigenvalue weighted by molar-refractivity contribution is 7.71. The standard InChI is InChI=1S/C50H62N4O12S/c1-11-16-53-17-19-54(20-18-53)31-22-33-38(34(67)23-31)51-39-35-36-43(58)29(7)46-37(35)48(60)50(9,66-46)63-21-15-32(62-10)26(4)45(64-30(8)55)28(6)42(57)27(5)41(56)24(2)13-12-14-25(3)49(61)52-40(44(36)59)47(39)65-33/h12-15,21-24,26-28,32,41-42,45,56-58,60H,11,16-20H2,1-10H3,(H,52,61)/t24-,26+,27+,28+,32-,41-,42+,45+,50?/m0/s1. The van der Waals surface area contributed by atoms with Crippen LogP contribution in [0, 0.1) is 35.1 Å². The lowest BCUT2D eigenvalue weighted by Gasteiger charge is -2.38. The third-order valence-corrected chi connectivity index (χ3v) is 14.0. The molecule has 7 rings (SSSR count). The van der Waals surface area contributed by atoms with Gasteiger partial charge in [-0.3, -0.25) is 19.3 Å². The van der Waals surface area contributed by atoms with Crippen molar-refractivity contribution in [2.75, 3.05) is 50.1 Å². The molecule has 4 heterocycles. The van der Waals surface area contributed by atoms with E-state index in [1.165, 1.54) is 40.2 Å². The van der Waals surface area contributed by atoms with E-state index < -0.39 is 82.7 Å². The highest BCUT2D eigenvalue weighted by Crippen LogP contribution is 2.43. The Morgan fingerprint density at radius 3 is 2.34 bits per heavy atom. The highest BCUT2D eigenvalue weighted by atomic mass is 32.1. The second-order valence-corrected chi connectivity index (χ2v) is 18.8. The number of anilines is 2. The van der Waals surface area contributed by atoms with Gasteiger partial charge in [0.2, 0.25) is 5.43 Å². The summed E-state index contributed by atoms with van der Waals surface area (Å²) in [6.45, 7) is 19.2. The number of phenolic OH excluding ortho intramolecular Hbond substituents is 1. The molecule has 9 atom stereocenters. The lowest BCUT2D eigenvalue weighted by Crippen LogP contribution is -2.46. The second-order valence-electron chi connectivity index (χ2n) is 18.4. The number of piperazine rings is 1. The number of nitrogens with zero attached hydrogens (tertiary/aromatic N) is 3. The van der Waals surface area contributed by atoms with Crippen molar-refractivity contribution in [1.82, 2.24) is 9.88 Å². The molecule has 1 fully saturated rings. The van der Waals surface area contributed by atoms with Gasteiger partial charge in [0.1, 0.15) is 34.3 Å². The third kappa shape index (κ3) is 9.23. The van der Waals surface area contributed by atoms with Gasteiger partial charge in [-0.25, -0.2) is 4.98 Å². The van der Waals surface area contributed by atoms with Crippen LogP contribution in [0.4, 0.5) is 11.4 Å². The van der Waals surface area contributed by atoms with Crippen LogP contribution in [0.15, 0.2) is 57.5 Å². The van der Waals surface area contributed by atoms with Crippen molar-refractivity contribution < 1.29 is 53.4 Å².